The highest BCUT2D eigenvalue weighted by Crippen LogP contribution is 2.47. The Balaban J connectivity index is 1.29. The molecule has 6 nitrogen and oxygen atoms in total. The van der Waals surface area contributed by atoms with Crippen molar-refractivity contribution in [3.05, 3.63) is 12.2 Å². The molecule has 2 aliphatic heterocycles. The van der Waals surface area contributed by atoms with Crippen molar-refractivity contribution >= 4 is 12.1 Å². The number of carboxylic acid groups (broad SMARTS) is 1. The maximum Gasteiger partial charge on any atom is 0.407 e. The average Bonchev–Trinajstić information content (AvgIpc) is 3.33. The van der Waals surface area contributed by atoms with Crippen LogP contribution in [0.4, 0.5) is 4.79 Å². The van der Waals surface area contributed by atoms with Gasteiger partial charge in [-0.1, -0.05) is 31.4 Å². The molecule has 0 unspecified atom stereocenters. The molecule has 0 spiro atoms. The second-order valence-corrected chi connectivity index (χ2v) is 9.22. The van der Waals surface area contributed by atoms with E-state index in [2.05, 4.69) is 17.5 Å². The number of fused-ring (bicyclic) bond motifs is 2. The number of hydrogen-bond acceptors (Lipinski definition) is 4. The number of rotatable bonds is 12. The van der Waals surface area contributed by atoms with Gasteiger partial charge in [0.1, 0.15) is 0 Å². The fourth-order valence-corrected chi connectivity index (χ4v) is 5.44. The van der Waals surface area contributed by atoms with E-state index in [1.165, 1.54) is 32.1 Å². The fourth-order valence-electron chi connectivity index (χ4n) is 5.44. The smallest absolute Gasteiger partial charge is 0.407 e. The first-order valence-electron chi connectivity index (χ1n) is 12.1. The number of amides is 1. The van der Waals surface area contributed by atoms with Gasteiger partial charge in [0, 0.05) is 12.5 Å². The summed E-state index contributed by atoms with van der Waals surface area (Å²) >= 11 is 0. The molecule has 2 heterocycles. The molecule has 2 bridgehead atoms. The van der Waals surface area contributed by atoms with Crippen molar-refractivity contribution in [1.82, 2.24) is 5.32 Å². The minimum absolute atomic E-state index is 0.241. The van der Waals surface area contributed by atoms with Crippen molar-refractivity contribution in [3.63, 3.8) is 0 Å². The highest BCUT2D eigenvalue weighted by atomic mass is 16.5. The second-order valence-electron chi connectivity index (χ2n) is 9.22. The molecule has 2 saturated heterocycles. The maximum atomic E-state index is 11.9. The Hall–Kier alpha value is -1.56. The van der Waals surface area contributed by atoms with Crippen LogP contribution in [0.5, 0.6) is 0 Å². The Morgan fingerprint density at radius 2 is 1.73 bits per heavy atom. The van der Waals surface area contributed by atoms with Gasteiger partial charge in [0.05, 0.1) is 18.8 Å². The lowest BCUT2D eigenvalue weighted by Crippen LogP contribution is -2.36. The van der Waals surface area contributed by atoms with E-state index in [0.717, 1.165) is 44.9 Å². The van der Waals surface area contributed by atoms with Gasteiger partial charge in [-0.2, -0.15) is 0 Å². The molecule has 0 aromatic heterocycles. The Bertz CT molecular complexity index is 572. The van der Waals surface area contributed by atoms with Gasteiger partial charge in [-0.25, -0.2) is 4.79 Å². The van der Waals surface area contributed by atoms with Crippen LogP contribution in [0.25, 0.3) is 0 Å². The van der Waals surface area contributed by atoms with E-state index in [4.69, 9.17) is 14.6 Å². The number of ether oxygens (including phenoxy) is 2. The first-order valence-corrected chi connectivity index (χ1v) is 12.1. The van der Waals surface area contributed by atoms with Crippen LogP contribution in [0.3, 0.4) is 0 Å². The van der Waals surface area contributed by atoms with E-state index >= 15 is 0 Å². The molecular weight excluding hydrogens is 382 g/mol. The van der Waals surface area contributed by atoms with E-state index in [9.17, 15) is 9.59 Å². The lowest BCUT2D eigenvalue weighted by atomic mass is 9.75. The van der Waals surface area contributed by atoms with Gasteiger partial charge >= 0.3 is 12.1 Å². The summed E-state index contributed by atoms with van der Waals surface area (Å²) in [5, 5.41) is 11.7. The molecule has 0 radical (unpaired) electrons. The second kappa shape index (κ2) is 12.3. The third kappa shape index (κ3) is 7.29. The predicted octanol–water partition coefficient (Wildman–Crippen LogP) is 5.21. The molecule has 1 saturated carbocycles. The van der Waals surface area contributed by atoms with Crippen LogP contribution < -0.4 is 5.32 Å². The zero-order valence-electron chi connectivity index (χ0n) is 18.2. The molecule has 1 amide bonds. The minimum atomic E-state index is -0.722. The number of hydrogen-bond donors (Lipinski definition) is 2. The van der Waals surface area contributed by atoms with Crippen LogP contribution in [0.15, 0.2) is 12.2 Å². The van der Waals surface area contributed by atoms with E-state index < -0.39 is 5.97 Å². The zero-order chi connectivity index (χ0) is 21.2. The zero-order valence-corrected chi connectivity index (χ0v) is 18.2. The summed E-state index contributed by atoms with van der Waals surface area (Å²) in [5.41, 5.74) is 0. The minimum Gasteiger partial charge on any atom is -0.481 e. The first-order chi connectivity index (χ1) is 14.6. The first kappa shape index (κ1) is 23.1. The van der Waals surface area contributed by atoms with Crippen LogP contribution in [-0.4, -0.2) is 42.0 Å². The van der Waals surface area contributed by atoms with E-state index in [0.29, 0.717) is 43.1 Å². The maximum absolute atomic E-state index is 11.9. The summed E-state index contributed by atoms with van der Waals surface area (Å²) in [5.74, 6) is 0.457. The Morgan fingerprint density at radius 1 is 0.967 bits per heavy atom. The summed E-state index contributed by atoms with van der Waals surface area (Å²) < 4.78 is 11.6. The number of nitrogens with one attached hydrogen (secondary N) is 1. The van der Waals surface area contributed by atoms with Crippen LogP contribution in [0.1, 0.15) is 89.9 Å². The number of unbranched alkanes of at least 4 members (excludes halogenated alkanes) is 2. The van der Waals surface area contributed by atoms with Crippen molar-refractivity contribution < 1.29 is 24.2 Å². The van der Waals surface area contributed by atoms with Gasteiger partial charge in [0.15, 0.2) is 0 Å². The third-order valence-electron chi connectivity index (χ3n) is 7.02. The summed E-state index contributed by atoms with van der Waals surface area (Å²) in [6.07, 6.45) is 19.0. The monoisotopic (exact) mass is 421 g/mol. The molecule has 4 atom stereocenters. The van der Waals surface area contributed by atoms with Crippen LogP contribution in [-0.2, 0) is 14.3 Å². The molecule has 0 aromatic rings. The quantitative estimate of drug-likeness (QED) is 0.334. The summed E-state index contributed by atoms with van der Waals surface area (Å²) in [6, 6.07) is 0.301. The van der Waals surface area contributed by atoms with Crippen LogP contribution >= 0.6 is 0 Å². The van der Waals surface area contributed by atoms with Crippen LogP contribution in [0, 0.1) is 11.8 Å². The molecule has 3 aliphatic rings. The lowest BCUT2D eigenvalue weighted by molar-refractivity contribution is -0.137. The van der Waals surface area contributed by atoms with Gasteiger partial charge in [0.25, 0.3) is 0 Å². The van der Waals surface area contributed by atoms with Gasteiger partial charge in [-0.3, -0.25) is 4.79 Å². The SMILES string of the molecule is O=C(O)CCCC=CC[C@@H]1[C@H](CCCCOC(=O)NC2CCCCC2)[C@@H]2CC[C@H]1O2. The lowest BCUT2D eigenvalue weighted by Gasteiger charge is -2.27. The number of carbonyl (C=O) groups is 2. The highest BCUT2D eigenvalue weighted by molar-refractivity contribution is 5.67. The number of allylic oxidation sites excluding steroid dienone is 2. The van der Waals surface area contributed by atoms with Gasteiger partial charge in [-0.15, -0.1) is 0 Å². The topological polar surface area (TPSA) is 84.9 Å². The molecule has 3 rings (SSSR count). The molecule has 2 N–H and O–H groups in total. The fraction of sp³-hybridized carbons (Fsp3) is 0.833. The Labute approximate surface area is 180 Å². The Kier molecular flexibility index (Phi) is 9.50. The number of aliphatic carboxylic acids is 1. The largest absolute Gasteiger partial charge is 0.481 e. The third-order valence-corrected chi connectivity index (χ3v) is 7.02. The highest BCUT2D eigenvalue weighted by Gasteiger charge is 2.47. The van der Waals surface area contributed by atoms with E-state index in [1.54, 1.807) is 0 Å². The molecule has 170 valence electrons. The number of carbonyl (C=O) groups excluding carboxylic acids is 1. The van der Waals surface area contributed by atoms with Crippen molar-refractivity contribution in [2.24, 2.45) is 11.8 Å². The summed E-state index contributed by atoms with van der Waals surface area (Å²) in [4.78, 5) is 22.5. The van der Waals surface area contributed by atoms with Crippen molar-refractivity contribution in [1.29, 1.82) is 0 Å². The van der Waals surface area contributed by atoms with Crippen LogP contribution in [0.2, 0.25) is 0 Å². The summed E-state index contributed by atoms with van der Waals surface area (Å²) in [6.45, 7) is 0.494. The Morgan fingerprint density at radius 3 is 2.50 bits per heavy atom. The summed E-state index contributed by atoms with van der Waals surface area (Å²) in [7, 11) is 0. The normalized spacial score (nSPS) is 28.8. The van der Waals surface area contributed by atoms with Crippen molar-refractivity contribution in [2.45, 2.75) is 108 Å². The van der Waals surface area contributed by atoms with Gasteiger partial charge < -0.3 is 19.9 Å². The number of alkyl carbamates (subject to hydrolysis) is 1. The van der Waals surface area contributed by atoms with Crippen molar-refractivity contribution in [3.8, 4) is 0 Å². The molecule has 30 heavy (non-hydrogen) atoms. The average molecular weight is 422 g/mol. The molecule has 6 heteroatoms. The molecule has 3 fully saturated rings. The molecule has 0 aromatic carbocycles. The van der Waals surface area contributed by atoms with E-state index in [1.807, 2.05) is 0 Å². The molecule has 1 aliphatic carbocycles. The predicted molar refractivity (Wildman–Crippen MR) is 115 cm³/mol. The number of carboxylic acids is 1. The van der Waals surface area contributed by atoms with Crippen molar-refractivity contribution in [2.75, 3.05) is 6.61 Å². The van der Waals surface area contributed by atoms with Gasteiger partial charge in [-0.05, 0) is 76.0 Å². The molecular formula is C24H39NO5. The van der Waals surface area contributed by atoms with Gasteiger partial charge in [0.2, 0.25) is 0 Å². The van der Waals surface area contributed by atoms with E-state index in [-0.39, 0.29) is 12.5 Å². The standard InChI is InChI=1S/C24H39NO5/c26-23(27)14-7-2-1-6-12-19-20(22-16-15-21(19)30-22)13-8-9-17-29-24(28)25-18-10-4-3-5-11-18/h1,6,18-22H,2-5,7-17H2,(H,25,28)(H,26,27)/t19-,20+,21-,22+/m1/s1.